The molecule has 1 rings (SSSR count). The van der Waals surface area contributed by atoms with E-state index in [1.165, 1.54) is 19.3 Å². The van der Waals surface area contributed by atoms with Gasteiger partial charge in [-0.2, -0.15) is 0 Å². The van der Waals surface area contributed by atoms with E-state index in [0.717, 1.165) is 0 Å². The first-order valence-electron chi connectivity index (χ1n) is 5.43. The van der Waals surface area contributed by atoms with Gasteiger partial charge in [0.05, 0.1) is 0 Å². The Hall–Kier alpha value is -0.570. The highest BCUT2D eigenvalue weighted by atomic mass is 16.1. The maximum absolute atomic E-state index is 10.7. The molecule has 0 aromatic rings. The standard InChI is InChI=1S/C11H22N2O/c1-8(6-10(12)14)13-9-4-5-11(2,3)7-9/h8-9,13H,4-7H2,1-3H3,(H2,12,14). The van der Waals surface area contributed by atoms with E-state index in [2.05, 4.69) is 19.2 Å². The van der Waals surface area contributed by atoms with Gasteiger partial charge in [-0.05, 0) is 31.6 Å². The Balaban J connectivity index is 2.29. The molecule has 1 aliphatic rings. The summed E-state index contributed by atoms with van der Waals surface area (Å²) in [7, 11) is 0. The molecule has 2 atom stereocenters. The highest BCUT2D eigenvalue weighted by Gasteiger charge is 2.31. The fourth-order valence-corrected chi connectivity index (χ4v) is 2.34. The van der Waals surface area contributed by atoms with Crippen LogP contribution in [0, 0.1) is 5.41 Å². The van der Waals surface area contributed by atoms with Gasteiger partial charge in [0.1, 0.15) is 0 Å². The zero-order valence-electron chi connectivity index (χ0n) is 9.47. The van der Waals surface area contributed by atoms with E-state index in [1.54, 1.807) is 0 Å². The Morgan fingerprint density at radius 2 is 2.29 bits per heavy atom. The Labute approximate surface area is 86.4 Å². The summed E-state index contributed by atoms with van der Waals surface area (Å²) in [6, 6.07) is 0.783. The summed E-state index contributed by atoms with van der Waals surface area (Å²) in [6.07, 6.45) is 4.14. The van der Waals surface area contributed by atoms with Crippen LogP contribution in [-0.2, 0) is 4.79 Å². The van der Waals surface area contributed by atoms with Crippen molar-refractivity contribution in [3.8, 4) is 0 Å². The van der Waals surface area contributed by atoms with Crippen molar-refractivity contribution in [2.75, 3.05) is 0 Å². The first-order valence-corrected chi connectivity index (χ1v) is 5.43. The molecule has 0 radical (unpaired) electrons. The number of amides is 1. The zero-order chi connectivity index (χ0) is 10.8. The van der Waals surface area contributed by atoms with Crippen LogP contribution >= 0.6 is 0 Å². The summed E-state index contributed by atoms with van der Waals surface area (Å²) >= 11 is 0. The van der Waals surface area contributed by atoms with Crippen molar-refractivity contribution in [1.29, 1.82) is 0 Å². The molecule has 0 aromatic heterocycles. The van der Waals surface area contributed by atoms with Gasteiger partial charge in [0.15, 0.2) is 0 Å². The van der Waals surface area contributed by atoms with Crippen LogP contribution in [0.1, 0.15) is 46.5 Å². The van der Waals surface area contributed by atoms with E-state index < -0.39 is 0 Å². The van der Waals surface area contributed by atoms with Crippen LogP contribution in [0.15, 0.2) is 0 Å². The molecule has 0 spiro atoms. The number of nitrogens with two attached hydrogens (primary N) is 1. The highest BCUT2D eigenvalue weighted by Crippen LogP contribution is 2.37. The molecule has 1 saturated carbocycles. The summed E-state index contributed by atoms with van der Waals surface area (Å²) in [5.41, 5.74) is 5.60. The quantitative estimate of drug-likeness (QED) is 0.717. The fourth-order valence-electron chi connectivity index (χ4n) is 2.34. The monoisotopic (exact) mass is 198 g/mol. The summed E-state index contributed by atoms with van der Waals surface area (Å²) < 4.78 is 0. The highest BCUT2D eigenvalue weighted by molar-refractivity contribution is 5.74. The van der Waals surface area contributed by atoms with E-state index in [4.69, 9.17) is 5.73 Å². The van der Waals surface area contributed by atoms with Crippen LogP contribution in [0.2, 0.25) is 0 Å². The average Bonchev–Trinajstić information content (AvgIpc) is 2.27. The van der Waals surface area contributed by atoms with Crippen LogP contribution in [-0.4, -0.2) is 18.0 Å². The zero-order valence-corrected chi connectivity index (χ0v) is 9.47. The van der Waals surface area contributed by atoms with Gasteiger partial charge in [-0.15, -0.1) is 0 Å². The van der Waals surface area contributed by atoms with Gasteiger partial charge in [-0.25, -0.2) is 0 Å². The Morgan fingerprint density at radius 1 is 1.64 bits per heavy atom. The molecular formula is C11H22N2O. The van der Waals surface area contributed by atoms with Crippen LogP contribution in [0.4, 0.5) is 0 Å². The molecule has 14 heavy (non-hydrogen) atoms. The van der Waals surface area contributed by atoms with Crippen molar-refractivity contribution in [2.45, 2.75) is 58.5 Å². The van der Waals surface area contributed by atoms with Crippen molar-refractivity contribution in [2.24, 2.45) is 11.1 Å². The molecule has 82 valence electrons. The molecular weight excluding hydrogens is 176 g/mol. The number of hydrogen-bond acceptors (Lipinski definition) is 2. The molecule has 0 aliphatic heterocycles. The molecule has 0 saturated heterocycles. The van der Waals surface area contributed by atoms with Crippen LogP contribution in [0.25, 0.3) is 0 Å². The summed E-state index contributed by atoms with van der Waals surface area (Å²) in [5, 5.41) is 3.46. The molecule has 3 N–H and O–H groups in total. The van der Waals surface area contributed by atoms with Crippen molar-refractivity contribution >= 4 is 5.91 Å². The number of primary amides is 1. The third-order valence-corrected chi connectivity index (χ3v) is 3.00. The predicted molar refractivity (Wildman–Crippen MR) is 57.8 cm³/mol. The van der Waals surface area contributed by atoms with Crippen LogP contribution in [0.3, 0.4) is 0 Å². The van der Waals surface area contributed by atoms with E-state index in [1.807, 2.05) is 6.92 Å². The van der Waals surface area contributed by atoms with Gasteiger partial charge in [0.25, 0.3) is 0 Å². The number of hydrogen-bond donors (Lipinski definition) is 2. The van der Waals surface area contributed by atoms with Crippen molar-refractivity contribution in [1.82, 2.24) is 5.32 Å². The second kappa shape index (κ2) is 4.30. The van der Waals surface area contributed by atoms with Gasteiger partial charge >= 0.3 is 0 Å². The van der Waals surface area contributed by atoms with Crippen molar-refractivity contribution in [3.05, 3.63) is 0 Å². The summed E-state index contributed by atoms with van der Waals surface area (Å²) in [4.78, 5) is 10.7. The topological polar surface area (TPSA) is 55.1 Å². The molecule has 1 aliphatic carbocycles. The minimum Gasteiger partial charge on any atom is -0.370 e. The van der Waals surface area contributed by atoms with Gasteiger partial charge in [-0.3, -0.25) is 4.79 Å². The lowest BCUT2D eigenvalue weighted by Gasteiger charge is -2.20. The van der Waals surface area contributed by atoms with Crippen LogP contribution in [0.5, 0.6) is 0 Å². The lowest BCUT2D eigenvalue weighted by Crippen LogP contribution is -2.37. The minimum absolute atomic E-state index is 0.214. The molecule has 1 amide bonds. The smallest absolute Gasteiger partial charge is 0.218 e. The second-order valence-corrected chi connectivity index (χ2v) is 5.34. The summed E-state index contributed by atoms with van der Waals surface area (Å²) in [6.45, 7) is 6.62. The van der Waals surface area contributed by atoms with Gasteiger partial charge in [0, 0.05) is 18.5 Å². The maximum Gasteiger partial charge on any atom is 0.218 e. The largest absolute Gasteiger partial charge is 0.370 e. The maximum atomic E-state index is 10.7. The van der Waals surface area contributed by atoms with E-state index >= 15 is 0 Å². The SMILES string of the molecule is CC(CC(N)=O)NC1CCC(C)(C)C1. The van der Waals surface area contributed by atoms with Gasteiger partial charge in [-0.1, -0.05) is 13.8 Å². The van der Waals surface area contributed by atoms with E-state index in [-0.39, 0.29) is 11.9 Å². The molecule has 1 fully saturated rings. The average molecular weight is 198 g/mol. The number of nitrogens with one attached hydrogen (secondary N) is 1. The van der Waals surface area contributed by atoms with Crippen LogP contribution < -0.4 is 11.1 Å². The van der Waals surface area contributed by atoms with Gasteiger partial charge in [0.2, 0.25) is 5.91 Å². The first-order chi connectivity index (χ1) is 6.39. The second-order valence-electron chi connectivity index (χ2n) is 5.34. The van der Waals surface area contributed by atoms with Crippen molar-refractivity contribution in [3.63, 3.8) is 0 Å². The lowest BCUT2D eigenvalue weighted by atomic mass is 9.92. The van der Waals surface area contributed by atoms with E-state index in [0.29, 0.717) is 17.9 Å². The Morgan fingerprint density at radius 3 is 2.71 bits per heavy atom. The predicted octanol–water partition coefficient (Wildman–Crippen LogP) is 1.42. The number of carbonyl (C=O) groups excluding carboxylic acids is 1. The number of carbonyl (C=O) groups is 1. The molecule has 2 unspecified atom stereocenters. The molecule has 0 heterocycles. The Kier molecular flexibility index (Phi) is 3.53. The van der Waals surface area contributed by atoms with Gasteiger partial charge < -0.3 is 11.1 Å². The molecule has 0 aromatic carbocycles. The third kappa shape index (κ3) is 3.66. The Bertz CT molecular complexity index is 213. The molecule has 0 bridgehead atoms. The lowest BCUT2D eigenvalue weighted by molar-refractivity contribution is -0.118. The van der Waals surface area contributed by atoms with E-state index in [9.17, 15) is 4.79 Å². The fraction of sp³-hybridized carbons (Fsp3) is 0.909. The van der Waals surface area contributed by atoms with Crippen molar-refractivity contribution < 1.29 is 4.79 Å². The summed E-state index contributed by atoms with van der Waals surface area (Å²) in [5.74, 6) is -0.220. The normalized spacial score (nSPS) is 27.5. The third-order valence-electron chi connectivity index (χ3n) is 3.00. The minimum atomic E-state index is -0.220. The first kappa shape index (κ1) is 11.5. The molecule has 3 nitrogen and oxygen atoms in total. The number of rotatable bonds is 4. The molecule has 3 heteroatoms.